The van der Waals surface area contributed by atoms with Crippen molar-refractivity contribution in [2.24, 2.45) is 0 Å². The number of nitrogens with one attached hydrogen (secondary N) is 1. The summed E-state index contributed by atoms with van der Waals surface area (Å²) in [6, 6.07) is 7.21. The van der Waals surface area contributed by atoms with Gasteiger partial charge in [0.15, 0.2) is 0 Å². The van der Waals surface area contributed by atoms with Crippen molar-refractivity contribution in [2.45, 2.75) is 12.9 Å². The number of anilines is 1. The van der Waals surface area contributed by atoms with Gasteiger partial charge < -0.3 is 10.1 Å². The fraction of sp³-hybridized carbons (Fsp3) is 0.143. The zero-order valence-electron chi connectivity index (χ0n) is 10.7. The molecule has 1 aromatic heterocycles. The van der Waals surface area contributed by atoms with Crippen LogP contribution in [0.4, 0.5) is 19.1 Å². The van der Waals surface area contributed by atoms with Gasteiger partial charge in [-0.3, -0.25) is 0 Å². The molecular formula is C14H10F3N3O. The van der Waals surface area contributed by atoms with Crippen LogP contribution < -0.4 is 10.1 Å². The van der Waals surface area contributed by atoms with Crippen molar-refractivity contribution in [3.8, 4) is 18.1 Å². The Labute approximate surface area is 119 Å². The molecule has 1 heterocycles. The van der Waals surface area contributed by atoms with Crippen LogP contribution in [0, 0.1) is 12.3 Å². The first kappa shape index (κ1) is 14.7. The highest BCUT2D eigenvalue weighted by molar-refractivity contribution is 5.35. The van der Waals surface area contributed by atoms with Gasteiger partial charge in [-0.1, -0.05) is 18.1 Å². The minimum Gasteiger partial charge on any atom is -0.406 e. The lowest BCUT2D eigenvalue weighted by Crippen LogP contribution is -2.17. The molecule has 0 fully saturated rings. The van der Waals surface area contributed by atoms with Gasteiger partial charge in [0.05, 0.1) is 0 Å². The van der Waals surface area contributed by atoms with Crippen LogP contribution in [-0.2, 0) is 6.54 Å². The number of hydrogen-bond donors (Lipinski definition) is 1. The van der Waals surface area contributed by atoms with E-state index in [1.165, 1.54) is 24.4 Å². The maximum Gasteiger partial charge on any atom is 0.573 e. The van der Waals surface area contributed by atoms with Crippen LogP contribution in [0.5, 0.6) is 5.75 Å². The first-order chi connectivity index (χ1) is 9.96. The summed E-state index contributed by atoms with van der Waals surface area (Å²) in [4.78, 5) is 7.97. The third-order valence-corrected chi connectivity index (χ3v) is 2.39. The van der Waals surface area contributed by atoms with Gasteiger partial charge in [-0.25, -0.2) is 9.97 Å². The molecule has 1 aromatic carbocycles. The number of aromatic nitrogens is 2. The highest BCUT2D eigenvalue weighted by Crippen LogP contribution is 2.23. The van der Waals surface area contributed by atoms with E-state index in [4.69, 9.17) is 6.42 Å². The summed E-state index contributed by atoms with van der Waals surface area (Å²) in [7, 11) is 0. The second-order valence-electron chi connectivity index (χ2n) is 3.96. The Morgan fingerprint density at radius 1 is 1.29 bits per heavy atom. The summed E-state index contributed by atoms with van der Waals surface area (Å²) in [5, 5.41) is 2.87. The van der Waals surface area contributed by atoms with E-state index in [0.717, 1.165) is 0 Å². The minimum absolute atomic E-state index is 0.239. The second-order valence-corrected chi connectivity index (χ2v) is 3.96. The van der Waals surface area contributed by atoms with Gasteiger partial charge in [-0.05, 0) is 23.8 Å². The van der Waals surface area contributed by atoms with E-state index in [1.54, 1.807) is 12.1 Å². The molecule has 2 aromatic rings. The molecule has 21 heavy (non-hydrogen) atoms. The largest absolute Gasteiger partial charge is 0.573 e. The predicted octanol–water partition coefficient (Wildman–Crippen LogP) is 2.97. The molecule has 2 rings (SSSR count). The normalized spacial score (nSPS) is 10.8. The molecule has 0 spiro atoms. The van der Waals surface area contributed by atoms with Gasteiger partial charge >= 0.3 is 6.36 Å². The average molecular weight is 293 g/mol. The minimum atomic E-state index is -4.71. The molecule has 0 aliphatic rings. The number of benzene rings is 1. The Bertz CT molecular complexity index is 665. The van der Waals surface area contributed by atoms with E-state index in [1.807, 2.05) is 0 Å². The molecule has 0 saturated heterocycles. The van der Waals surface area contributed by atoms with Crippen LogP contribution in [0.3, 0.4) is 0 Å². The third kappa shape index (κ3) is 4.69. The van der Waals surface area contributed by atoms with Crippen molar-refractivity contribution in [3.63, 3.8) is 0 Å². The zero-order valence-corrected chi connectivity index (χ0v) is 10.7. The number of alkyl halides is 3. The number of terminal acetylenes is 1. The molecule has 0 radical (unpaired) electrons. The topological polar surface area (TPSA) is 47.0 Å². The fourth-order valence-corrected chi connectivity index (χ4v) is 1.56. The lowest BCUT2D eigenvalue weighted by atomic mass is 10.2. The van der Waals surface area contributed by atoms with Crippen molar-refractivity contribution >= 4 is 5.95 Å². The van der Waals surface area contributed by atoms with Crippen molar-refractivity contribution < 1.29 is 17.9 Å². The number of ether oxygens (including phenoxy) is 1. The van der Waals surface area contributed by atoms with Crippen molar-refractivity contribution in [2.75, 3.05) is 5.32 Å². The molecule has 0 saturated carbocycles. The zero-order chi connectivity index (χ0) is 15.3. The van der Waals surface area contributed by atoms with Gasteiger partial charge in [-0.2, -0.15) is 0 Å². The number of hydrogen-bond acceptors (Lipinski definition) is 4. The molecule has 0 aliphatic heterocycles. The van der Waals surface area contributed by atoms with Gasteiger partial charge in [-0.15, -0.1) is 19.6 Å². The number of halogens is 3. The first-order valence-corrected chi connectivity index (χ1v) is 5.84. The highest BCUT2D eigenvalue weighted by Gasteiger charge is 2.31. The van der Waals surface area contributed by atoms with Gasteiger partial charge in [0.1, 0.15) is 11.4 Å². The monoisotopic (exact) mass is 293 g/mol. The average Bonchev–Trinajstić information content (AvgIpc) is 2.44. The molecule has 0 amide bonds. The van der Waals surface area contributed by atoms with Crippen molar-refractivity contribution in [1.82, 2.24) is 9.97 Å². The van der Waals surface area contributed by atoms with Gasteiger partial charge in [0.25, 0.3) is 0 Å². The maximum absolute atomic E-state index is 12.1. The third-order valence-electron chi connectivity index (χ3n) is 2.39. The Hall–Kier alpha value is -2.75. The molecule has 1 N–H and O–H groups in total. The molecule has 4 nitrogen and oxygen atoms in total. The molecule has 0 aliphatic carbocycles. The number of nitrogens with zero attached hydrogens (tertiary/aromatic N) is 2. The summed E-state index contributed by atoms with van der Waals surface area (Å²) in [6.45, 7) is 0.239. The van der Waals surface area contributed by atoms with Gasteiger partial charge in [0, 0.05) is 12.7 Å². The van der Waals surface area contributed by atoms with Crippen LogP contribution in [-0.4, -0.2) is 16.3 Å². The summed E-state index contributed by atoms with van der Waals surface area (Å²) in [5.74, 6) is 2.39. The number of rotatable bonds is 4. The Morgan fingerprint density at radius 3 is 2.81 bits per heavy atom. The predicted molar refractivity (Wildman–Crippen MR) is 70.4 cm³/mol. The van der Waals surface area contributed by atoms with E-state index < -0.39 is 6.36 Å². The van der Waals surface area contributed by atoms with Crippen molar-refractivity contribution in [3.05, 3.63) is 47.8 Å². The van der Waals surface area contributed by atoms with Crippen LogP contribution in [0.25, 0.3) is 0 Å². The van der Waals surface area contributed by atoms with E-state index in [9.17, 15) is 13.2 Å². The highest BCUT2D eigenvalue weighted by atomic mass is 19.4. The lowest BCUT2D eigenvalue weighted by Gasteiger charge is -2.10. The quantitative estimate of drug-likeness (QED) is 0.880. The van der Waals surface area contributed by atoms with Crippen LogP contribution in [0.2, 0.25) is 0 Å². The Kier molecular flexibility index (Phi) is 4.28. The van der Waals surface area contributed by atoms with E-state index >= 15 is 0 Å². The standard InChI is InChI=1S/C14H10F3N3O/c1-2-11-6-7-18-13(20-11)19-9-10-4-3-5-12(8-10)21-14(15,16)17/h1,3-8H,9H2,(H,18,19,20). The summed E-state index contributed by atoms with van der Waals surface area (Å²) >= 11 is 0. The van der Waals surface area contributed by atoms with Crippen LogP contribution >= 0.6 is 0 Å². The molecule has 0 unspecified atom stereocenters. The summed E-state index contributed by atoms with van der Waals surface area (Å²) < 4.78 is 40.2. The summed E-state index contributed by atoms with van der Waals surface area (Å²) in [6.07, 6.45) is 2.00. The SMILES string of the molecule is C#Cc1ccnc(NCc2cccc(OC(F)(F)F)c2)n1. The summed E-state index contributed by atoms with van der Waals surface area (Å²) in [5.41, 5.74) is 1.01. The molecule has 0 atom stereocenters. The first-order valence-electron chi connectivity index (χ1n) is 5.84. The molecule has 7 heteroatoms. The Morgan fingerprint density at radius 2 is 2.10 bits per heavy atom. The molecule has 0 bridgehead atoms. The second kappa shape index (κ2) is 6.13. The fourth-order valence-electron chi connectivity index (χ4n) is 1.56. The van der Waals surface area contributed by atoms with Crippen LogP contribution in [0.15, 0.2) is 36.5 Å². The maximum atomic E-state index is 12.1. The van der Waals surface area contributed by atoms with Gasteiger partial charge in [0.2, 0.25) is 5.95 Å². The van der Waals surface area contributed by atoms with E-state index in [0.29, 0.717) is 17.2 Å². The lowest BCUT2D eigenvalue weighted by molar-refractivity contribution is -0.274. The van der Waals surface area contributed by atoms with Crippen molar-refractivity contribution in [1.29, 1.82) is 0 Å². The Balaban J connectivity index is 2.03. The van der Waals surface area contributed by atoms with E-state index in [-0.39, 0.29) is 12.3 Å². The molecular weight excluding hydrogens is 283 g/mol. The smallest absolute Gasteiger partial charge is 0.406 e. The molecule has 108 valence electrons. The van der Waals surface area contributed by atoms with Crippen LogP contribution in [0.1, 0.15) is 11.3 Å². The van der Waals surface area contributed by atoms with E-state index in [2.05, 4.69) is 25.9 Å².